The van der Waals surface area contributed by atoms with Gasteiger partial charge in [0, 0.05) is 29.0 Å². The molecule has 7 heteroatoms. The minimum atomic E-state index is -0.485. The predicted octanol–water partition coefficient (Wildman–Crippen LogP) is 5.19. The van der Waals surface area contributed by atoms with E-state index in [4.69, 9.17) is 32.7 Å². The van der Waals surface area contributed by atoms with Crippen molar-refractivity contribution in [1.82, 2.24) is 0 Å². The molecule has 0 aliphatic rings. The van der Waals surface area contributed by atoms with Crippen LogP contribution in [0.4, 0.5) is 11.4 Å². The number of anilines is 2. The average molecular weight is 462 g/mol. The smallest absolute Gasteiger partial charge is 0.342 e. The number of carbonyl (C=O) groups excluding carboxylic acids is 1. The van der Waals surface area contributed by atoms with Crippen LogP contribution in [-0.2, 0) is 31.9 Å². The van der Waals surface area contributed by atoms with E-state index < -0.39 is 5.97 Å². The molecule has 2 rings (SSSR count). The standard InChI is InChI=1S/C17H17Cl2NO3.Ag/c1-3-22-10-23-17(21)12-6-4-5-7-14(12)20-16-13(18)9-8-11(2)15(16)19;/h4-9,20H,3,10H2,1-2H3;. The number of hydrogen-bond acceptors (Lipinski definition) is 4. The summed E-state index contributed by atoms with van der Waals surface area (Å²) in [5.74, 6) is -0.485. The molecule has 2 aromatic carbocycles. The minimum Gasteiger partial charge on any atom is -0.435 e. The first-order chi connectivity index (χ1) is 11.0. The third-order valence-electron chi connectivity index (χ3n) is 3.17. The zero-order valence-corrected chi connectivity index (χ0v) is 16.2. The van der Waals surface area contributed by atoms with Gasteiger partial charge in [-0.3, -0.25) is 0 Å². The number of halogens is 2. The second-order valence-electron chi connectivity index (χ2n) is 4.77. The molecule has 0 heterocycles. The van der Waals surface area contributed by atoms with E-state index in [0.717, 1.165) is 5.56 Å². The van der Waals surface area contributed by atoms with Crippen LogP contribution in [0.25, 0.3) is 0 Å². The van der Waals surface area contributed by atoms with E-state index in [2.05, 4.69) is 5.32 Å². The van der Waals surface area contributed by atoms with Gasteiger partial charge in [-0.15, -0.1) is 0 Å². The molecule has 0 saturated heterocycles. The Morgan fingerprint density at radius 3 is 2.58 bits per heavy atom. The molecule has 0 aliphatic heterocycles. The zero-order chi connectivity index (χ0) is 16.8. The van der Waals surface area contributed by atoms with Gasteiger partial charge < -0.3 is 14.8 Å². The molecular weight excluding hydrogens is 445 g/mol. The van der Waals surface area contributed by atoms with Crippen LogP contribution in [0.2, 0.25) is 10.0 Å². The first kappa shape index (κ1) is 21.0. The van der Waals surface area contributed by atoms with Gasteiger partial charge in [0.1, 0.15) is 0 Å². The normalized spacial score (nSPS) is 10.0. The molecule has 0 atom stereocenters. The number of ether oxygens (including phenoxy) is 2. The van der Waals surface area contributed by atoms with Crippen LogP contribution in [0.3, 0.4) is 0 Å². The van der Waals surface area contributed by atoms with E-state index in [0.29, 0.717) is 33.6 Å². The molecule has 0 bridgehead atoms. The summed E-state index contributed by atoms with van der Waals surface area (Å²) in [6.45, 7) is 4.09. The van der Waals surface area contributed by atoms with Gasteiger partial charge in [-0.2, -0.15) is 0 Å². The molecule has 133 valence electrons. The molecule has 0 unspecified atom stereocenters. The van der Waals surface area contributed by atoms with Crippen LogP contribution >= 0.6 is 23.2 Å². The largest absolute Gasteiger partial charge is 0.435 e. The first-order valence-corrected chi connectivity index (χ1v) is 7.85. The van der Waals surface area contributed by atoms with E-state index >= 15 is 0 Å². The summed E-state index contributed by atoms with van der Waals surface area (Å²) in [5.41, 5.74) is 2.37. The van der Waals surface area contributed by atoms with Crippen molar-refractivity contribution in [2.75, 3.05) is 18.7 Å². The summed E-state index contributed by atoms with van der Waals surface area (Å²) in [7, 11) is 0. The molecule has 0 amide bonds. The molecular formula is C17H17AgCl2NO3. The number of nitrogens with one attached hydrogen (secondary N) is 1. The minimum absolute atomic E-state index is 0. The Morgan fingerprint density at radius 2 is 1.88 bits per heavy atom. The number of benzene rings is 2. The Labute approximate surface area is 166 Å². The van der Waals surface area contributed by atoms with Crippen molar-refractivity contribution in [1.29, 1.82) is 0 Å². The zero-order valence-electron chi connectivity index (χ0n) is 13.2. The summed E-state index contributed by atoms with van der Waals surface area (Å²) in [5, 5.41) is 4.10. The number of para-hydroxylation sites is 1. The maximum Gasteiger partial charge on any atom is 0.342 e. The molecule has 0 aromatic heterocycles. The molecule has 0 saturated carbocycles. The molecule has 0 aliphatic carbocycles. The van der Waals surface area contributed by atoms with E-state index in [1.54, 1.807) is 30.3 Å². The van der Waals surface area contributed by atoms with Crippen molar-refractivity contribution in [3.63, 3.8) is 0 Å². The van der Waals surface area contributed by atoms with Gasteiger partial charge in [-0.05, 0) is 37.6 Å². The van der Waals surface area contributed by atoms with Crippen molar-refractivity contribution in [3.05, 3.63) is 57.6 Å². The second-order valence-corrected chi connectivity index (χ2v) is 5.55. The van der Waals surface area contributed by atoms with Crippen molar-refractivity contribution >= 4 is 40.5 Å². The van der Waals surface area contributed by atoms with Gasteiger partial charge in [0.2, 0.25) is 0 Å². The van der Waals surface area contributed by atoms with Crippen LogP contribution in [0.5, 0.6) is 0 Å². The van der Waals surface area contributed by atoms with Crippen LogP contribution in [-0.4, -0.2) is 19.4 Å². The fourth-order valence-electron chi connectivity index (χ4n) is 1.93. The third kappa shape index (κ3) is 5.25. The number of aryl methyl sites for hydroxylation is 1. The maximum absolute atomic E-state index is 12.2. The second kappa shape index (κ2) is 10.1. The van der Waals surface area contributed by atoms with Gasteiger partial charge in [0.15, 0.2) is 6.79 Å². The third-order valence-corrected chi connectivity index (χ3v) is 3.97. The van der Waals surface area contributed by atoms with Crippen molar-refractivity contribution in [3.8, 4) is 0 Å². The van der Waals surface area contributed by atoms with Gasteiger partial charge >= 0.3 is 5.97 Å². The molecule has 0 fully saturated rings. The molecule has 1 N–H and O–H groups in total. The van der Waals surface area contributed by atoms with Crippen LogP contribution in [0.1, 0.15) is 22.8 Å². The van der Waals surface area contributed by atoms with Crippen molar-refractivity contribution < 1.29 is 36.6 Å². The Hall–Kier alpha value is -1.01. The van der Waals surface area contributed by atoms with Gasteiger partial charge in [0.25, 0.3) is 0 Å². The topological polar surface area (TPSA) is 47.6 Å². The first-order valence-electron chi connectivity index (χ1n) is 7.10. The molecule has 0 spiro atoms. The van der Waals surface area contributed by atoms with Gasteiger partial charge in [0.05, 0.1) is 27.0 Å². The number of hydrogen-bond donors (Lipinski definition) is 1. The monoisotopic (exact) mass is 460 g/mol. The summed E-state index contributed by atoms with van der Waals surface area (Å²) in [6.07, 6.45) is 0. The number of rotatable bonds is 6. The predicted molar refractivity (Wildman–Crippen MR) is 92.8 cm³/mol. The summed E-state index contributed by atoms with van der Waals surface area (Å²) in [6, 6.07) is 10.6. The molecule has 4 nitrogen and oxygen atoms in total. The number of carbonyl (C=O) groups is 1. The molecule has 1 radical (unpaired) electrons. The van der Waals surface area contributed by atoms with E-state index in [9.17, 15) is 4.79 Å². The number of esters is 1. The Bertz CT molecular complexity index is 710. The van der Waals surface area contributed by atoms with Gasteiger partial charge in [-0.1, -0.05) is 41.4 Å². The van der Waals surface area contributed by atoms with Crippen LogP contribution < -0.4 is 5.32 Å². The van der Waals surface area contributed by atoms with E-state index in [-0.39, 0.29) is 29.2 Å². The SMILES string of the molecule is CCOCOC(=O)c1ccccc1Nc1c(Cl)ccc(C)c1Cl.[Ag]. The Balaban J connectivity index is 0.00000288. The Morgan fingerprint density at radius 1 is 1.17 bits per heavy atom. The fraction of sp³-hybridized carbons (Fsp3) is 0.235. The average Bonchev–Trinajstić information content (AvgIpc) is 2.55. The summed E-state index contributed by atoms with van der Waals surface area (Å²) >= 11 is 12.5. The van der Waals surface area contributed by atoms with E-state index in [1.165, 1.54) is 0 Å². The molecule has 2 aromatic rings. The van der Waals surface area contributed by atoms with Crippen molar-refractivity contribution in [2.24, 2.45) is 0 Å². The van der Waals surface area contributed by atoms with Crippen LogP contribution in [0, 0.1) is 6.92 Å². The summed E-state index contributed by atoms with van der Waals surface area (Å²) < 4.78 is 10.1. The maximum atomic E-state index is 12.2. The fourth-order valence-corrected chi connectivity index (χ4v) is 2.40. The van der Waals surface area contributed by atoms with E-state index in [1.807, 2.05) is 19.9 Å². The molecule has 24 heavy (non-hydrogen) atoms. The summed E-state index contributed by atoms with van der Waals surface area (Å²) in [4.78, 5) is 12.2. The van der Waals surface area contributed by atoms with Crippen molar-refractivity contribution in [2.45, 2.75) is 13.8 Å². The Kier molecular flexibility index (Phi) is 8.84. The van der Waals surface area contributed by atoms with Gasteiger partial charge in [-0.25, -0.2) is 4.79 Å². The van der Waals surface area contributed by atoms with Crippen LogP contribution in [0.15, 0.2) is 36.4 Å². The quantitative estimate of drug-likeness (QED) is 0.278.